The number of Topliss-reactive ketones (excluding diaryl/α,β-unsaturated/α-hetero) is 1. The van der Waals surface area contributed by atoms with Gasteiger partial charge in [-0.25, -0.2) is 0 Å². The molecule has 1 N–H and O–H groups in total. The Kier molecular flexibility index (Phi) is 6.57. The molecule has 0 saturated heterocycles. The van der Waals surface area contributed by atoms with E-state index < -0.39 is 11.4 Å². The average Bonchev–Trinajstić information content (AvgIpc) is 3.04. The van der Waals surface area contributed by atoms with Crippen LogP contribution in [0.15, 0.2) is 42.5 Å². The zero-order chi connectivity index (χ0) is 24.6. The largest absolute Gasteiger partial charge is 0.497 e. The first-order valence-corrected chi connectivity index (χ1v) is 12.2. The molecule has 34 heavy (non-hydrogen) atoms. The molecule has 1 aliphatic rings. The fraction of sp³-hybridized carbons (Fsp3) is 0.448. The molecule has 1 heterocycles. The fourth-order valence-electron chi connectivity index (χ4n) is 4.71. The maximum Gasteiger partial charge on any atom is 0.309 e. The van der Waals surface area contributed by atoms with E-state index in [0.717, 1.165) is 52.7 Å². The van der Waals surface area contributed by atoms with Crippen LogP contribution in [0.3, 0.4) is 0 Å². The van der Waals surface area contributed by atoms with Crippen LogP contribution in [0.4, 0.5) is 0 Å². The summed E-state index contributed by atoms with van der Waals surface area (Å²) >= 11 is 0. The molecular weight excluding hydrogens is 426 g/mol. The average molecular weight is 462 g/mol. The summed E-state index contributed by atoms with van der Waals surface area (Å²) in [5.41, 5.74) is 3.80. The number of nitrogens with zero attached hydrogens (tertiary/aromatic N) is 1. The van der Waals surface area contributed by atoms with E-state index in [1.165, 1.54) is 5.56 Å². The van der Waals surface area contributed by atoms with Gasteiger partial charge in [-0.15, -0.1) is 0 Å². The van der Waals surface area contributed by atoms with Crippen molar-refractivity contribution in [1.82, 2.24) is 4.57 Å². The lowest BCUT2D eigenvalue weighted by atomic mass is 9.78. The van der Waals surface area contributed by atoms with Gasteiger partial charge in [-0.3, -0.25) is 9.59 Å². The molecule has 1 aliphatic carbocycles. The van der Waals surface area contributed by atoms with Gasteiger partial charge < -0.3 is 14.4 Å². The predicted molar refractivity (Wildman–Crippen MR) is 135 cm³/mol. The Balaban J connectivity index is 1.95. The van der Waals surface area contributed by atoms with E-state index >= 15 is 0 Å². The van der Waals surface area contributed by atoms with Crippen molar-refractivity contribution in [3.8, 4) is 5.75 Å². The van der Waals surface area contributed by atoms with Crippen LogP contribution in [0.5, 0.6) is 5.75 Å². The summed E-state index contributed by atoms with van der Waals surface area (Å²) in [6.45, 7) is 8.34. The number of ketones is 1. The smallest absolute Gasteiger partial charge is 0.309 e. The third kappa shape index (κ3) is 4.48. The normalized spacial score (nSPS) is 14.4. The number of hydrogen-bond donors (Lipinski definition) is 1. The van der Waals surface area contributed by atoms with Crippen molar-refractivity contribution in [3.63, 3.8) is 0 Å². The number of hydrogen-bond acceptors (Lipinski definition) is 3. The molecule has 0 unspecified atom stereocenters. The van der Waals surface area contributed by atoms with E-state index in [2.05, 4.69) is 36.6 Å². The summed E-state index contributed by atoms with van der Waals surface area (Å²) in [7, 11) is 1.64. The molecule has 1 aromatic heterocycles. The highest BCUT2D eigenvalue weighted by Crippen LogP contribution is 2.39. The Morgan fingerprint density at radius 1 is 1.12 bits per heavy atom. The van der Waals surface area contributed by atoms with Crippen molar-refractivity contribution in [2.45, 2.75) is 65.8 Å². The van der Waals surface area contributed by atoms with Gasteiger partial charge in [-0.05, 0) is 68.0 Å². The minimum absolute atomic E-state index is 0.0365. The van der Waals surface area contributed by atoms with E-state index in [-0.39, 0.29) is 18.1 Å². The molecule has 5 heteroatoms. The Labute approximate surface area is 201 Å². The summed E-state index contributed by atoms with van der Waals surface area (Å²) in [5, 5.41) is 10.9. The van der Waals surface area contributed by atoms with Crippen LogP contribution >= 0.6 is 0 Å². The second-order valence-electron chi connectivity index (χ2n) is 10.5. The summed E-state index contributed by atoms with van der Waals surface area (Å²) in [5.74, 6) is 0.464. The van der Waals surface area contributed by atoms with Crippen LogP contribution in [-0.4, -0.2) is 28.5 Å². The number of fused-ring (bicyclic) bond motifs is 1. The Morgan fingerprint density at radius 3 is 2.32 bits per heavy atom. The molecule has 3 aromatic rings. The maximum absolute atomic E-state index is 13.8. The third-order valence-corrected chi connectivity index (χ3v) is 7.27. The Bertz CT molecular complexity index is 1210. The third-order valence-electron chi connectivity index (χ3n) is 7.27. The quantitative estimate of drug-likeness (QED) is 0.371. The van der Waals surface area contributed by atoms with E-state index in [1.54, 1.807) is 21.0 Å². The van der Waals surface area contributed by atoms with Gasteiger partial charge in [-0.2, -0.15) is 0 Å². The van der Waals surface area contributed by atoms with Gasteiger partial charge in [0.05, 0.1) is 12.5 Å². The second-order valence-corrected chi connectivity index (χ2v) is 10.5. The second kappa shape index (κ2) is 9.28. The number of methoxy groups -OCH3 is 1. The predicted octanol–water partition coefficient (Wildman–Crippen LogP) is 6.46. The zero-order valence-electron chi connectivity index (χ0n) is 20.9. The summed E-state index contributed by atoms with van der Waals surface area (Å²) in [6.07, 6.45) is 3.19. The number of aromatic nitrogens is 1. The molecule has 0 spiro atoms. The van der Waals surface area contributed by atoms with Crippen molar-refractivity contribution in [3.05, 3.63) is 64.8 Å². The van der Waals surface area contributed by atoms with Gasteiger partial charge in [0.1, 0.15) is 5.75 Å². The minimum atomic E-state index is -0.998. The number of carbonyl (C=O) groups is 2. The lowest BCUT2D eigenvalue weighted by molar-refractivity contribution is -0.146. The van der Waals surface area contributed by atoms with Crippen LogP contribution in [0, 0.1) is 11.3 Å². The number of rotatable bonds is 9. The lowest BCUT2D eigenvalue weighted by Gasteiger charge is -2.26. The van der Waals surface area contributed by atoms with Crippen LogP contribution in [0.1, 0.15) is 80.1 Å². The van der Waals surface area contributed by atoms with Crippen molar-refractivity contribution >= 4 is 22.7 Å². The van der Waals surface area contributed by atoms with Gasteiger partial charge in [-0.1, -0.05) is 38.5 Å². The molecule has 0 atom stereocenters. The lowest BCUT2D eigenvalue weighted by Crippen LogP contribution is -2.29. The number of ether oxygens (including phenoxy) is 1. The molecular formula is C29H35NO4. The monoisotopic (exact) mass is 461 g/mol. The SMILES string of the molecule is COc1ccc(Cn2c(CC(C)(C)C(=O)O)c(C(=O)C3CCC3)c3cc(C(C)C)ccc32)cc1. The van der Waals surface area contributed by atoms with Crippen LogP contribution < -0.4 is 4.74 Å². The minimum Gasteiger partial charge on any atom is -0.497 e. The van der Waals surface area contributed by atoms with E-state index in [1.807, 2.05) is 24.3 Å². The fourth-order valence-corrected chi connectivity index (χ4v) is 4.71. The standard InChI is InChI=1S/C29H35NO4/c1-18(2)21-11-14-24-23(15-21)26(27(31)20-7-6-8-20)25(16-29(3,4)28(32)33)30(24)17-19-9-12-22(34-5)13-10-19/h9-15,18,20H,6-8,16-17H2,1-5H3,(H,32,33). The number of carboxylic acids is 1. The molecule has 1 fully saturated rings. The summed E-state index contributed by atoms with van der Waals surface area (Å²) in [4.78, 5) is 25.9. The van der Waals surface area contributed by atoms with Crippen molar-refractivity contribution in [2.75, 3.05) is 7.11 Å². The van der Waals surface area contributed by atoms with E-state index in [4.69, 9.17) is 4.74 Å². The topological polar surface area (TPSA) is 68.5 Å². The van der Waals surface area contributed by atoms with Gasteiger partial charge in [0, 0.05) is 41.0 Å². The maximum atomic E-state index is 13.8. The molecule has 0 radical (unpaired) electrons. The van der Waals surface area contributed by atoms with Gasteiger partial charge in [0.2, 0.25) is 0 Å². The Morgan fingerprint density at radius 2 is 1.79 bits per heavy atom. The van der Waals surface area contributed by atoms with Crippen LogP contribution in [-0.2, 0) is 17.8 Å². The van der Waals surface area contributed by atoms with E-state index in [0.29, 0.717) is 12.5 Å². The molecule has 0 amide bonds. The molecule has 1 saturated carbocycles. The number of aliphatic carboxylic acids is 1. The van der Waals surface area contributed by atoms with Crippen LogP contribution in [0.2, 0.25) is 0 Å². The van der Waals surface area contributed by atoms with Gasteiger partial charge in [0.15, 0.2) is 5.78 Å². The number of carboxylic acid groups (broad SMARTS) is 1. The summed E-state index contributed by atoms with van der Waals surface area (Å²) in [6, 6.07) is 14.3. The van der Waals surface area contributed by atoms with E-state index in [9.17, 15) is 14.7 Å². The molecule has 0 bridgehead atoms. The van der Waals surface area contributed by atoms with Crippen molar-refractivity contribution in [2.24, 2.45) is 11.3 Å². The first kappa shape index (κ1) is 24.1. The molecule has 5 nitrogen and oxygen atoms in total. The molecule has 0 aliphatic heterocycles. The summed E-state index contributed by atoms with van der Waals surface area (Å²) < 4.78 is 7.47. The molecule has 2 aromatic carbocycles. The van der Waals surface area contributed by atoms with Gasteiger partial charge in [0.25, 0.3) is 0 Å². The van der Waals surface area contributed by atoms with Crippen LogP contribution in [0.25, 0.3) is 10.9 Å². The zero-order valence-corrected chi connectivity index (χ0v) is 20.9. The van der Waals surface area contributed by atoms with Gasteiger partial charge >= 0.3 is 5.97 Å². The number of carbonyl (C=O) groups excluding carboxylic acids is 1. The first-order valence-electron chi connectivity index (χ1n) is 12.2. The highest BCUT2D eigenvalue weighted by Gasteiger charge is 2.36. The highest BCUT2D eigenvalue weighted by molar-refractivity contribution is 6.11. The molecule has 180 valence electrons. The Hall–Kier alpha value is -3.08. The number of benzene rings is 2. The highest BCUT2D eigenvalue weighted by atomic mass is 16.5. The van der Waals surface area contributed by atoms with Crippen molar-refractivity contribution < 1.29 is 19.4 Å². The first-order chi connectivity index (χ1) is 16.1. The molecule has 4 rings (SSSR count). The van der Waals surface area contributed by atoms with Crippen molar-refractivity contribution in [1.29, 1.82) is 0 Å².